The van der Waals surface area contributed by atoms with E-state index in [4.69, 9.17) is 5.11 Å². The van der Waals surface area contributed by atoms with E-state index in [9.17, 15) is 9.59 Å². The molecule has 19 heavy (non-hydrogen) atoms. The van der Waals surface area contributed by atoms with E-state index in [1.807, 2.05) is 13.8 Å². The van der Waals surface area contributed by atoms with Crippen LogP contribution in [0, 0.1) is 12.8 Å². The average Bonchev–Trinajstić information content (AvgIpc) is 2.72. The molecule has 1 aromatic rings. The van der Waals surface area contributed by atoms with Crippen molar-refractivity contribution in [1.82, 2.24) is 15.5 Å². The first-order chi connectivity index (χ1) is 8.97. The minimum atomic E-state index is -0.788. The van der Waals surface area contributed by atoms with Gasteiger partial charge in [0, 0.05) is 13.0 Å². The fraction of sp³-hybridized carbons (Fsp3) is 0.636. The van der Waals surface area contributed by atoms with Crippen molar-refractivity contribution in [3.8, 4) is 0 Å². The summed E-state index contributed by atoms with van der Waals surface area (Å²) in [7, 11) is 0. The Hall–Kier alpha value is -1.70. The first-order valence-corrected chi connectivity index (χ1v) is 6.85. The summed E-state index contributed by atoms with van der Waals surface area (Å²) in [6.07, 6.45) is 1.53. The Balaban J connectivity index is 2.15. The van der Waals surface area contributed by atoms with Gasteiger partial charge < -0.3 is 10.4 Å². The number of rotatable bonds is 7. The molecule has 0 spiro atoms. The number of nitrogens with zero attached hydrogens (tertiary/aromatic N) is 2. The number of anilines is 1. The number of carbonyl (C=O) groups excluding carboxylic acids is 1. The molecule has 106 valence electrons. The summed E-state index contributed by atoms with van der Waals surface area (Å²) in [4.78, 5) is 21.9. The second-order valence-corrected chi connectivity index (χ2v) is 5.52. The summed E-state index contributed by atoms with van der Waals surface area (Å²) in [6, 6.07) is -0.318. The zero-order chi connectivity index (χ0) is 14.3. The van der Waals surface area contributed by atoms with Crippen LogP contribution in [0.4, 0.5) is 9.93 Å². The average molecular weight is 286 g/mol. The van der Waals surface area contributed by atoms with Gasteiger partial charge in [-0.2, -0.15) is 0 Å². The monoisotopic (exact) mass is 286 g/mol. The molecule has 0 saturated carbocycles. The Morgan fingerprint density at radius 3 is 2.68 bits per heavy atom. The molecule has 2 amide bonds. The zero-order valence-corrected chi connectivity index (χ0v) is 11.8. The number of aromatic nitrogens is 2. The van der Waals surface area contributed by atoms with Gasteiger partial charge in [-0.05, 0) is 25.7 Å². The number of urea groups is 1. The fourth-order valence-corrected chi connectivity index (χ4v) is 2.02. The van der Waals surface area contributed by atoms with Crippen LogP contribution < -0.4 is 10.6 Å². The molecule has 0 saturated heterocycles. The molecule has 0 aliphatic carbocycles. The molecule has 1 unspecified atom stereocenters. The van der Waals surface area contributed by atoms with Gasteiger partial charge in [-0.15, -0.1) is 10.2 Å². The first-order valence-electron chi connectivity index (χ1n) is 6.04. The zero-order valence-electron chi connectivity index (χ0n) is 11.0. The second-order valence-electron chi connectivity index (χ2n) is 4.33. The van der Waals surface area contributed by atoms with Crippen LogP contribution in [0.5, 0.6) is 0 Å². The first kappa shape index (κ1) is 15.4. The lowest BCUT2D eigenvalue weighted by Gasteiger charge is -2.10. The van der Waals surface area contributed by atoms with Crippen molar-refractivity contribution in [2.45, 2.75) is 33.1 Å². The number of hydrogen-bond donors (Lipinski definition) is 3. The molecule has 0 aliphatic heterocycles. The van der Waals surface area contributed by atoms with Crippen LogP contribution in [0.25, 0.3) is 0 Å². The van der Waals surface area contributed by atoms with Gasteiger partial charge in [0.2, 0.25) is 5.13 Å². The Morgan fingerprint density at radius 1 is 1.37 bits per heavy atom. The maximum atomic E-state index is 11.5. The molecule has 0 aliphatic rings. The lowest BCUT2D eigenvalue weighted by molar-refractivity contribution is -0.137. The van der Waals surface area contributed by atoms with Gasteiger partial charge in [-0.1, -0.05) is 18.3 Å². The molecule has 1 rings (SSSR count). The molecule has 1 heterocycles. The molecule has 0 radical (unpaired) electrons. The van der Waals surface area contributed by atoms with Gasteiger partial charge in [0.25, 0.3) is 0 Å². The predicted molar refractivity (Wildman–Crippen MR) is 72.3 cm³/mol. The molecule has 3 N–H and O–H groups in total. The van der Waals surface area contributed by atoms with E-state index in [1.54, 1.807) is 0 Å². The number of aliphatic carboxylic acids is 1. The van der Waals surface area contributed by atoms with Crippen LogP contribution in [-0.2, 0) is 4.79 Å². The van der Waals surface area contributed by atoms with Crippen molar-refractivity contribution in [2.75, 3.05) is 11.9 Å². The number of carboxylic acids is 1. The summed E-state index contributed by atoms with van der Waals surface area (Å²) >= 11 is 1.31. The van der Waals surface area contributed by atoms with Crippen LogP contribution in [-0.4, -0.2) is 33.8 Å². The van der Waals surface area contributed by atoms with Crippen molar-refractivity contribution in [3.05, 3.63) is 5.01 Å². The highest BCUT2D eigenvalue weighted by molar-refractivity contribution is 7.15. The van der Waals surface area contributed by atoms with Crippen molar-refractivity contribution < 1.29 is 14.7 Å². The third kappa shape index (κ3) is 6.70. The summed E-state index contributed by atoms with van der Waals surface area (Å²) in [6.45, 7) is 4.28. The lowest BCUT2D eigenvalue weighted by atomic mass is 10.0. The molecule has 8 heteroatoms. The molecular formula is C11H18N4O3S. The topological polar surface area (TPSA) is 104 Å². The highest BCUT2D eigenvalue weighted by Crippen LogP contribution is 2.13. The number of hydrogen-bond acceptors (Lipinski definition) is 5. The summed E-state index contributed by atoms with van der Waals surface area (Å²) in [5.74, 6) is -0.524. The molecular weight excluding hydrogens is 268 g/mol. The maximum absolute atomic E-state index is 11.5. The fourth-order valence-electron chi connectivity index (χ4n) is 1.43. The van der Waals surface area contributed by atoms with Gasteiger partial charge in [-0.3, -0.25) is 10.1 Å². The van der Waals surface area contributed by atoms with Crippen LogP contribution in [0.3, 0.4) is 0 Å². The molecule has 0 bridgehead atoms. The molecule has 0 aromatic carbocycles. The minimum Gasteiger partial charge on any atom is -0.481 e. The van der Waals surface area contributed by atoms with Crippen LogP contribution in [0.2, 0.25) is 0 Å². The lowest BCUT2D eigenvalue weighted by Crippen LogP contribution is -2.30. The number of carboxylic acid groups (broad SMARTS) is 1. The Morgan fingerprint density at radius 2 is 2.11 bits per heavy atom. The van der Waals surface area contributed by atoms with E-state index in [1.165, 1.54) is 11.3 Å². The summed E-state index contributed by atoms with van der Waals surface area (Å²) < 4.78 is 0. The van der Waals surface area contributed by atoms with E-state index in [0.717, 1.165) is 11.4 Å². The van der Waals surface area contributed by atoms with Crippen molar-refractivity contribution in [3.63, 3.8) is 0 Å². The number of nitrogens with one attached hydrogen (secondary N) is 2. The van der Waals surface area contributed by atoms with Crippen LogP contribution in [0.1, 0.15) is 31.2 Å². The van der Waals surface area contributed by atoms with Crippen molar-refractivity contribution in [2.24, 2.45) is 5.92 Å². The number of carbonyl (C=O) groups is 2. The molecule has 0 fully saturated rings. The smallest absolute Gasteiger partial charge is 0.321 e. The van der Waals surface area contributed by atoms with Gasteiger partial charge >= 0.3 is 12.0 Å². The standard InChI is InChI=1S/C11H18N4O3S/c1-7(3-4-9(16)17)5-6-12-10(18)13-11-15-14-8(2)19-11/h7H,3-6H2,1-2H3,(H,16,17)(H2,12,13,15,18). The maximum Gasteiger partial charge on any atom is 0.321 e. The van der Waals surface area contributed by atoms with E-state index in [0.29, 0.717) is 18.1 Å². The molecule has 1 aromatic heterocycles. The van der Waals surface area contributed by atoms with E-state index in [-0.39, 0.29) is 18.4 Å². The minimum absolute atomic E-state index is 0.164. The SMILES string of the molecule is Cc1nnc(NC(=O)NCCC(C)CCC(=O)O)s1. The van der Waals surface area contributed by atoms with Gasteiger partial charge in [0.1, 0.15) is 5.01 Å². The van der Waals surface area contributed by atoms with Crippen molar-refractivity contribution in [1.29, 1.82) is 0 Å². The van der Waals surface area contributed by atoms with E-state index in [2.05, 4.69) is 20.8 Å². The second kappa shape index (κ2) is 7.67. The highest BCUT2D eigenvalue weighted by atomic mass is 32.1. The predicted octanol–water partition coefficient (Wildman–Crippen LogP) is 1.86. The van der Waals surface area contributed by atoms with Gasteiger partial charge in [-0.25, -0.2) is 4.79 Å². The van der Waals surface area contributed by atoms with E-state index >= 15 is 0 Å². The largest absolute Gasteiger partial charge is 0.481 e. The summed E-state index contributed by atoms with van der Waals surface area (Å²) in [5.41, 5.74) is 0. The molecule has 1 atom stereocenters. The third-order valence-corrected chi connectivity index (χ3v) is 3.27. The number of amides is 2. The van der Waals surface area contributed by atoms with Gasteiger partial charge in [0.15, 0.2) is 0 Å². The van der Waals surface area contributed by atoms with E-state index < -0.39 is 5.97 Å². The molecule has 7 nitrogen and oxygen atoms in total. The van der Waals surface area contributed by atoms with Crippen LogP contribution >= 0.6 is 11.3 Å². The normalized spacial score (nSPS) is 11.9. The highest BCUT2D eigenvalue weighted by Gasteiger charge is 2.08. The third-order valence-electron chi connectivity index (χ3n) is 2.52. The summed E-state index contributed by atoms with van der Waals surface area (Å²) in [5, 5.41) is 22.7. The Kier molecular flexibility index (Phi) is 6.20. The quantitative estimate of drug-likeness (QED) is 0.709. The van der Waals surface area contributed by atoms with Crippen LogP contribution in [0.15, 0.2) is 0 Å². The van der Waals surface area contributed by atoms with Gasteiger partial charge in [0.05, 0.1) is 0 Å². The Bertz CT molecular complexity index is 435. The Labute approximate surface area is 115 Å². The van der Waals surface area contributed by atoms with Crippen molar-refractivity contribution >= 4 is 28.5 Å². The number of aryl methyl sites for hydroxylation is 1.